The maximum atomic E-state index is 12.7. The third kappa shape index (κ3) is 4.03. The van der Waals surface area contributed by atoms with Crippen molar-refractivity contribution >= 4 is 5.91 Å². The van der Waals surface area contributed by atoms with Crippen molar-refractivity contribution in [2.24, 2.45) is 16.2 Å². The number of aliphatic hydroxyl groups excluding tert-OH is 1. The highest BCUT2D eigenvalue weighted by Gasteiger charge is 2.55. The summed E-state index contributed by atoms with van der Waals surface area (Å²) in [5.41, 5.74) is 1.14. The van der Waals surface area contributed by atoms with Gasteiger partial charge >= 0.3 is 6.01 Å². The minimum absolute atomic E-state index is 0.101. The number of rotatable bonds is 5. The van der Waals surface area contributed by atoms with Crippen molar-refractivity contribution in [2.45, 2.75) is 96.9 Å². The number of likely N-dealkylation sites (tertiary alicyclic amines) is 1. The number of nitrogens with zero attached hydrogens (tertiary/aromatic N) is 3. The van der Waals surface area contributed by atoms with Crippen molar-refractivity contribution < 1.29 is 14.6 Å². The molecule has 7 heteroatoms. The molecule has 1 aromatic heterocycles. The third-order valence-corrected chi connectivity index (χ3v) is 8.59. The number of aromatic nitrogens is 2. The normalized spacial score (nSPS) is 34.3. The van der Waals surface area contributed by atoms with Gasteiger partial charge in [-0.25, -0.2) is 9.97 Å². The predicted octanol–water partition coefficient (Wildman–Crippen LogP) is 3.18. The number of piperidine rings is 1. The monoisotopic (exact) mass is 442 g/mol. The maximum absolute atomic E-state index is 12.7. The van der Waals surface area contributed by atoms with Crippen LogP contribution in [0.5, 0.6) is 6.01 Å². The van der Waals surface area contributed by atoms with E-state index in [0.29, 0.717) is 23.0 Å². The molecule has 1 spiro atoms. The van der Waals surface area contributed by atoms with Gasteiger partial charge in [-0.05, 0) is 61.2 Å². The Kier molecular flexibility index (Phi) is 5.28. The summed E-state index contributed by atoms with van der Waals surface area (Å²) in [4.78, 5) is 23.9. The average molecular weight is 443 g/mol. The molecule has 1 aromatic rings. The molecule has 0 aromatic carbocycles. The zero-order valence-electron chi connectivity index (χ0n) is 19.9. The van der Waals surface area contributed by atoms with Gasteiger partial charge in [0.1, 0.15) is 6.10 Å². The van der Waals surface area contributed by atoms with Crippen molar-refractivity contribution in [2.75, 3.05) is 13.1 Å². The molecule has 3 saturated carbocycles. The summed E-state index contributed by atoms with van der Waals surface area (Å²) in [6.45, 7) is 10.9. The van der Waals surface area contributed by atoms with Crippen LogP contribution >= 0.6 is 0 Å². The Bertz CT molecular complexity index is 832. The van der Waals surface area contributed by atoms with Crippen LogP contribution < -0.4 is 10.1 Å². The molecule has 0 bridgehead atoms. The number of carbonyl (C=O) groups excluding carboxylic acids is 1. The van der Waals surface area contributed by atoms with E-state index in [-0.39, 0.29) is 35.0 Å². The quantitative estimate of drug-likeness (QED) is 0.728. The minimum atomic E-state index is -0.115. The molecule has 176 valence electrons. The Morgan fingerprint density at radius 2 is 1.66 bits per heavy atom. The average Bonchev–Trinajstić information content (AvgIpc) is 2.67. The van der Waals surface area contributed by atoms with Crippen molar-refractivity contribution in [1.29, 1.82) is 0 Å². The molecule has 32 heavy (non-hydrogen) atoms. The molecule has 0 atom stereocenters. The summed E-state index contributed by atoms with van der Waals surface area (Å²) >= 11 is 0. The second-order valence-corrected chi connectivity index (χ2v) is 12.3. The van der Waals surface area contributed by atoms with E-state index in [4.69, 9.17) is 4.74 Å². The van der Waals surface area contributed by atoms with Crippen molar-refractivity contribution in [1.82, 2.24) is 20.2 Å². The molecule has 2 heterocycles. The predicted molar refractivity (Wildman–Crippen MR) is 121 cm³/mol. The Balaban J connectivity index is 1.07. The van der Waals surface area contributed by atoms with Crippen LogP contribution in [0, 0.1) is 16.2 Å². The lowest BCUT2D eigenvalue weighted by atomic mass is 9.52. The first-order chi connectivity index (χ1) is 15.1. The van der Waals surface area contributed by atoms with Gasteiger partial charge in [-0.3, -0.25) is 4.79 Å². The van der Waals surface area contributed by atoms with Gasteiger partial charge in [-0.1, -0.05) is 27.7 Å². The van der Waals surface area contributed by atoms with E-state index in [2.05, 4.69) is 47.9 Å². The summed E-state index contributed by atoms with van der Waals surface area (Å²) in [5, 5.41) is 12.9. The topological polar surface area (TPSA) is 87.6 Å². The lowest BCUT2D eigenvalue weighted by Crippen LogP contribution is -2.63. The molecule has 0 radical (unpaired) electrons. The van der Waals surface area contributed by atoms with E-state index in [1.165, 1.54) is 12.8 Å². The molecule has 5 rings (SSSR count). The SMILES string of the molecule is CC1(C)CC(C)(C)C1NC(=O)c1cnc(OC2CC3(C2)CC(N2CCC(O)CC2)C3)nc1. The lowest BCUT2D eigenvalue weighted by Gasteiger charge is -2.59. The van der Waals surface area contributed by atoms with Gasteiger partial charge < -0.3 is 20.1 Å². The fraction of sp³-hybridized carbons (Fsp3) is 0.800. The van der Waals surface area contributed by atoms with Crippen molar-refractivity contribution in [3.8, 4) is 6.01 Å². The van der Waals surface area contributed by atoms with Crippen molar-refractivity contribution in [3.63, 3.8) is 0 Å². The number of carbonyl (C=O) groups is 1. The van der Waals surface area contributed by atoms with E-state index >= 15 is 0 Å². The number of amides is 1. The lowest BCUT2D eigenvalue weighted by molar-refractivity contribution is -0.121. The van der Waals surface area contributed by atoms with Crippen LogP contribution in [0.3, 0.4) is 0 Å². The number of nitrogens with one attached hydrogen (secondary N) is 1. The molecule has 4 fully saturated rings. The van der Waals surface area contributed by atoms with Gasteiger partial charge in [0, 0.05) is 37.6 Å². The smallest absolute Gasteiger partial charge is 0.316 e. The van der Waals surface area contributed by atoms with Crippen LogP contribution in [-0.2, 0) is 0 Å². The zero-order valence-corrected chi connectivity index (χ0v) is 19.9. The molecular formula is C25H38N4O3. The highest BCUT2D eigenvalue weighted by molar-refractivity contribution is 5.94. The molecule has 0 unspecified atom stereocenters. The molecule has 3 aliphatic carbocycles. The van der Waals surface area contributed by atoms with Gasteiger partial charge in [0.25, 0.3) is 5.91 Å². The first-order valence-electron chi connectivity index (χ1n) is 12.3. The largest absolute Gasteiger partial charge is 0.460 e. The molecular weight excluding hydrogens is 404 g/mol. The summed E-state index contributed by atoms with van der Waals surface area (Å²) in [6, 6.07) is 1.20. The number of ether oxygens (including phenoxy) is 1. The Hall–Kier alpha value is -1.73. The maximum Gasteiger partial charge on any atom is 0.316 e. The van der Waals surface area contributed by atoms with Crippen LogP contribution in [0.4, 0.5) is 0 Å². The summed E-state index contributed by atoms with van der Waals surface area (Å²) in [6.07, 6.45) is 10.8. The van der Waals surface area contributed by atoms with E-state index in [9.17, 15) is 9.90 Å². The molecule has 1 saturated heterocycles. The Morgan fingerprint density at radius 1 is 1.06 bits per heavy atom. The summed E-state index contributed by atoms with van der Waals surface area (Å²) in [5.74, 6) is -0.115. The molecule has 2 N–H and O–H groups in total. The molecule has 1 amide bonds. The van der Waals surface area contributed by atoms with Gasteiger partial charge in [0.05, 0.1) is 11.7 Å². The van der Waals surface area contributed by atoms with Crippen LogP contribution in [0.15, 0.2) is 12.4 Å². The van der Waals surface area contributed by atoms with Crippen LogP contribution in [-0.4, -0.2) is 63.3 Å². The zero-order chi connectivity index (χ0) is 22.7. The third-order valence-electron chi connectivity index (χ3n) is 8.59. The van der Waals surface area contributed by atoms with Gasteiger partial charge in [-0.15, -0.1) is 0 Å². The van der Waals surface area contributed by atoms with E-state index in [1.807, 2.05) is 0 Å². The standard InChI is InChI=1S/C25H38N4O3/c1-23(2)15-24(3,4)21(23)28-20(31)16-13-26-22(27-14-16)32-19-11-25(12-19)9-17(10-25)29-7-5-18(30)6-8-29/h13-14,17-19,21,30H,5-12,15H2,1-4H3,(H,28,31). The molecule has 7 nitrogen and oxygen atoms in total. The molecule has 1 aliphatic heterocycles. The fourth-order valence-corrected chi connectivity index (χ4v) is 7.33. The number of hydrogen-bond acceptors (Lipinski definition) is 6. The Labute approximate surface area is 191 Å². The second-order valence-electron chi connectivity index (χ2n) is 12.3. The van der Waals surface area contributed by atoms with E-state index in [0.717, 1.165) is 45.2 Å². The van der Waals surface area contributed by atoms with Crippen molar-refractivity contribution in [3.05, 3.63) is 18.0 Å². The highest BCUT2D eigenvalue weighted by Crippen LogP contribution is 2.58. The first-order valence-corrected chi connectivity index (χ1v) is 12.3. The number of hydrogen-bond donors (Lipinski definition) is 2. The van der Waals surface area contributed by atoms with Gasteiger partial charge in [0.2, 0.25) is 0 Å². The first kappa shape index (κ1) is 22.1. The van der Waals surface area contributed by atoms with Crippen LogP contribution in [0.1, 0.15) is 83.0 Å². The second kappa shape index (κ2) is 7.66. The summed E-state index contributed by atoms with van der Waals surface area (Å²) in [7, 11) is 0. The van der Waals surface area contributed by atoms with E-state index < -0.39 is 0 Å². The van der Waals surface area contributed by atoms with E-state index in [1.54, 1.807) is 12.4 Å². The number of aliphatic hydroxyl groups is 1. The summed E-state index contributed by atoms with van der Waals surface area (Å²) < 4.78 is 5.99. The van der Waals surface area contributed by atoms with Gasteiger partial charge in [0.15, 0.2) is 0 Å². The fourth-order valence-electron chi connectivity index (χ4n) is 7.33. The highest BCUT2D eigenvalue weighted by atomic mass is 16.5. The van der Waals surface area contributed by atoms with Crippen LogP contribution in [0.2, 0.25) is 0 Å². The molecule has 4 aliphatic rings. The van der Waals surface area contributed by atoms with Crippen LogP contribution in [0.25, 0.3) is 0 Å². The van der Waals surface area contributed by atoms with Gasteiger partial charge in [-0.2, -0.15) is 0 Å². The minimum Gasteiger partial charge on any atom is -0.460 e. The Morgan fingerprint density at radius 3 is 2.22 bits per heavy atom.